The molecule has 2 aromatic carbocycles. The highest BCUT2D eigenvalue weighted by molar-refractivity contribution is 7.92. The molecule has 0 amide bonds. The van der Waals surface area contributed by atoms with Crippen molar-refractivity contribution >= 4 is 21.4 Å². The smallest absolute Gasteiger partial charge is 0.271 e. The highest BCUT2D eigenvalue weighted by atomic mass is 32.2. The first-order chi connectivity index (χ1) is 12.8. The Kier molecular flexibility index (Phi) is 4.73. The summed E-state index contributed by atoms with van der Waals surface area (Å²) >= 11 is 0. The highest BCUT2D eigenvalue weighted by Crippen LogP contribution is 2.31. The Morgan fingerprint density at radius 3 is 2.67 bits per heavy atom. The minimum Gasteiger partial charge on any atom is -0.495 e. The molecule has 1 heterocycles. The quantitative estimate of drug-likeness (QED) is 0.495. The molecule has 0 saturated heterocycles. The third kappa shape index (κ3) is 3.55. The van der Waals surface area contributed by atoms with E-state index in [0.717, 1.165) is 6.07 Å². The van der Waals surface area contributed by atoms with Crippen LogP contribution in [-0.2, 0) is 10.0 Å². The van der Waals surface area contributed by atoms with Gasteiger partial charge in [0, 0.05) is 12.1 Å². The summed E-state index contributed by atoms with van der Waals surface area (Å²) in [6, 6.07) is 8.26. The van der Waals surface area contributed by atoms with E-state index in [4.69, 9.17) is 4.74 Å². The fraction of sp³-hybridized carbons (Fsp3) is 0.133. The number of nitro benzene ring substituents is 1. The molecule has 0 aliphatic rings. The van der Waals surface area contributed by atoms with E-state index in [1.54, 1.807) is 25.1 Å². The molecule has 12 heteroatoms. The van der Waals surface area contributed by atoms with Crippen molar-refractivity contribution in [3.63, 3.8) is 0 Å². The minimum absolute atomic E-state index is 0.0117. The predicted molar refractivity (Wildman–Crippen MR) is 94.3 cm³/mol. The number of anilines is 1. The Hall–Kier alpha value is -3.54. The summed E-state index contributed by atoms with van der Waals surface area (Å²) in [7, 11) is -2.88. The SMILES string of the molecule is COc1ccc([N+](=O)[O-])cc1S(=O)(=O)Nc1cccc(-n2cnnn2)c1C. The topological polar surface area (TPSA) is 142 Å². The van der Waals surface area contributed by atoms with E-state index in [1.165, 1.54) is 30.3 Å². The molecule has 27 heavy (non-hydrogen) atoms. The normalized spacial score (nSPS) is 11.2. The number of methoxy groups -OCH3 is 1. The van der Waals surface area contributed by atoms with E-state index in [2.05, 4.69) is 20.2 Å². The molecule has 140 valence electrons. The number of nitrogens with zero attached hydrogens (tertiary/aromatic N) is 5. The number of aromatic nitrogens is 4. The fourth-order valence-corrected chi connectivity index (χ4v) is 3.76. The van der Waals surface area contributed by atoms with Crippen molar-refractivity contribution in [3.05, 3.63) is 58.4 Å². The van der Waals surface area contributed by atoms with E-state index in [-0.39, 0.29) is 22.0 Å². The molecule has 0 atom stereocenters. The van der Waals surface area contributed by atoms with Crippen LogP contribution in [-0.4, -0.2) is 40.7 Å². The van der Waals surface area contributed by atoms with E-state index >= 15 is 0 Å². The lowest BCUT2D eigenvalue weighted by atomic mass is 10.1. The Morgan fingerprint density at radius 1 is 1.26 bits per heavy atom. The Morgan fingerprint density at radius 2 is 2.04 bits per heavy atom. The molecule has 0 aliphatic carbocycles. The number of rotatable bonds is 6. The first-order valence-corrected chi connectivity index (χ1v) is 9.00. The second kappa shape index (κ2) is 6.99. The van der Waals surface area contributed by atoms with Crippen LogP contribution in [0.3, 0.4) is 0 Å². The van der Waals surface area contributed by atoms with Crippen LogP contribution in [0.1, 0.15) is 5.56 Å². The van der Waals surface area contributed by atoms with Gasteiger partial charge in [-0.3, -0.25) is 14.8 Å². The number of ether oxygens (including phenoxy) is 1. The van der Waals surface area contributed by atoms with Crippen LogP contribution in [0, 0.1) is 17.0 Å². The summed E-state index contributed by atoms with van der Waals surface area (Å²) in [4.78, 5) is 9.98. The maximum atomic E-state index is 12.8. The maximum Gasteiger partial charge on any atom is 0.271 e. The van der Waals surface area contributed by atoms with Crippen molar-refractivity contribution in [2.45, 2.75) is 11.8 Å². The second-order valence-corrected chi connectivity index (χ2v) is 7.05. The van der Waals surface area contributed by atoms with Gasteiger partial charge in [0.25, 0.3) is 15.7 Å². The van der Waals surface area contributed by atoms with Gasteiger partial charge in [-0.25, -0.2) is 13.1 Å². The third-order valence-electron chi connectivity index (χ3n) is 3.79. The predicted octanol–water partition coefficient (Wildman–Crippen LogP) is 1.69. The van der Waals surface area contributed by atoms with Crippen LogP contribution in [0.2, 0.25) is 0 Å². The van der Waals surface area contributed by atoms with Gasteiger partial charge in [-0.15, -0.1) is 5.10 Å². The zero-order chi connectivity index (χ0) is 19.6. The monoisotopic (exact) mass is 390 g/mol. The first kappa shape index (κ1) is 18.3. The zero-order valence-electron chi connectivity index (χ0n) is 14.2. The summed E-state index contributed by atoms with van der Waals surface area (Å²) in [5, 5.41) is 21.9. The van der Waals surface area contributed by atoms with E-state index in [1.807, 2.05) is 0 Å². The van der Waals surface area contributed by atoms with Crippen molar-refractivity contribution in [2.75, 3.05) is 11.8 Å². The van der Waals surface area contributed by atoms with Gasteiger partial charge in [0.05, 0.1) is 23.4 Å². The van der Waals surface area contributed by atoms with Crippen LogP contribution < -0.4 is 9.46 Å². The van der Waals surface area contributed by atoms with Gasteiger partial charge in [-0.2, -0.15) is 0 Å². The maximum absolute atomic E-state index is 12.8. The van der Waals surface area contributed by atoms with Crippen molar-refractivity contribution < 1.29 is 18.1 Å². The Labute approximate surface area is 153 Å². The van der Waals surface area contributed by atoms with Crippen molar-refractivity contribution in [1.29, 1.82) is 0 Å². The van der Waals surface area contributed by atoms with Crippen LogP contribution in [0.25, 0.3) is 5.69 Å². The number of nitro groups is 1. The summed E-state index contributed by atoms with van der Waals surface area (Å²) in [5.41, 5.74) is 1.05. The number of non-ortho nitro benzene ring substituents is 1. The summed E-state index contributed by atoms with van der Waals surface area (Å²) in [5.74, 6) is -0.0117. The van der Waals surface area contributed by atoms with E-state index in [0.29, 0.717) is 11.3 Å². The molecule has 1 N–H and O–H groups in total. The van der Waals surface area contributed by atoms with Gasteiger partial charge in [0.1, 0.15) is 17.0 Å². The minimum atomic E-state index is -4.16. The number of sulfonamides is 1. The van der Waals surface area contributed by atoms with Gasteiger partial charge in [-0.05, 0) is 41.1 Å². The lowest BCUT2D eigenvalue weighted by molar-refractivity contribution is -0.385. The van der Waals surface area contributed by atoms with Gasteiger partial charge in [0.2, 0.25) is 0 Å². The number of hydrogen-bond acceptors (Lipinski definition) is 8. The third-order valence-corrected chi connectivity index (χ3v) is 5.18. The molecular formula is C15H14N6O5S. The summed E-state index contributed by atoms with van der Waals surface area (Å²) in [6.45, 7) is 1.69. The second-order valence-electron chi connectivity index (χ2n) is 5.40. The standard InChI is InChI=1S/C15H14N6O5S/c1-10-12(4-3-5-13(10)20-9-16-18-19-20)17-27(24,25)15-8-11(21(22)23)6-7-14(15)26-2/h3-9,17H,1-2H3. The number of nitrogens with one attached hydrogen (secondary N) is 1. The molecule has 0 bridgehead atoms. The van der Waals surface area contributed by atoms with Crippen LogP contribution >= 0.6 is 0 Å². The first-order valence-electron chi connectivity index (χ1n) is 7.51. The van der Waals surface area contributed by atoms with Gasteiger partial charge < -0.3 is 4.74 Å². The molecule has 3 aromatic rings. The Bertz CT molecular complexity index is 1100. The molecule has 0 radical (unpaired) electrons. The molecule has 3 rings (SSSR count). The van der Waals surface area contributed by atoms with Crippen LogP contribution in [0.5, 0.6) is 5.75 Å². The summed E-state index contributed by atoms with van der Waals surface area (Å²) in [6.07, 6.45) is 1.38. The van der Waals surface area contributed by atoms with Crippen LogP contribution in [0.15, 0.2) is 47.6 Å². The molecule has 1 aromatic heterocycles. The van der Waals surface area contributed by atoms with Gasteiger partial charge >= 0.3 is 0 Å². The molecule has 0 fully saturated rings. The Balaban J connectivity index is 2.05. The highest BCUT2D eigenvalue weighted by Gasteiger charge is 2.24. The van der Waals surface area contributed by atoms with E-state index in [9.17, 15) is 18.5 Å². The zero-order valence-corrected chi connectivity index (χ0v) is 15.0. The van der Waals surface area contributed by atoms with Crippen LogP contribution in [0.4, 0.5) is 11.4 Å². The average molecular weight is 390 g/mol. The summed E-state index contributed by atoms with van der Waals surface area (Å²) < 4.78 is 34.6. The molecule has 11 nitrogen and oxygen atoms in total. The molecule has 0 spiro atoms. The molecule has 0 aliphatic heterocycles. The van der Waals surface area contributed by atoms with E-state index < -0.39 is 14.9 Å². The van der Waals surface area contributed by atoms with Crippen molar-refractivity contribution in [2.24, 2.45) is 0 Å². The number of benzene rings is 2. The lowest BCUT2D eigenvalue weighted by Gasteiger charge is -2.14. The van der Waals surface area contributed by atoms with Crippen molar-refractivity contribution in [1.82, 2.24) is 20.2 Å². The number of tetrazole rings is 1. The van der Waals surface area contributed by atoms with Gasteiger partial charge in [-0.1, -0.05) is 6.07 Å². The largest absolute Gasteiger partial charge is 0.495 e. The number of hydrogen-bond donors (Lipinski definition) is 1. The van der Waals surface area contributed by atoms with Gasteiger partial charge in [0.15, 0.2) is 0 Å². The molecule has 0 saturated carbocycles. The van der Waals surface area contributed by atoms with Crippen molar-refractivity contribution in [3.8, 4) is 11.4 Å². The lowest BCUT2D eigenvalue weighted by Crippen LogP contribution is -2.16. The molecular weight excluding hydrogens is 376 g/mol. The average Bonchev–Trinajstić information content (AvgIpc) is 3.17. The fourth-order valence-electron chi connectivity index (χ4n) is 2.44. The molecule has 0 unspecified atom stereocenters.